The normalized spacial score (nSPS) is 22.7. The van der Waals surface area contributed by atoms with Gasteiger partial charge in [-0.15, -0.1) is 0 Å². The van der Waals surface area contributed by atoms with Crippen molar-refractivity contribution in [2.75, 3.05) is 0 Å². The molecule has 0 atom stereocenters. The maximum atomic E-state index is 5.06. The Morgan fingerprint density at radius 2 is 0.839 bits per heavy atom. The van der Waals surface area contributed by atoms with E-state index in [0.717, 1.165) is 51.5 Å². The fourth-order valence-electron chi connectivity index (χ4n) is 11.8. The quantitative estimate of drug-likeness (QED) is 0.178. The number of aromatic nitrogens is 3. The van der Waals surface area contributed by atoms with Crippen molar-refractivity contribution in [3.63, 3.8) is 0 Å². The molecule has 0 amide bonds. The largest absolute Gasteiger partial charge is 0.208 e. The first-order chi connectivity index (χ1) is 27.7. The maximum Gasteiger partial charge on any atom is 0.164 e. The van der Waals surface area contributed by atoms with Gasteiger partial charge >= 0.3 is 0 Å². The molecule has 0 saturated heterocycles. The van der Waals surface area contributed by atoms with Gasteiger partial charge in [0.2, 0.25) is 0 Å². The lowest BCUT2D eigenvalue weighted by molar-refractivity contribution is -0.0398. The zero-order chi connectivity index (χ0) is 36.8. The van der Waals surface area contributed by atoms with Gasteiger partial charge in [0.05, 0.1) is 0 Å². The van der Waals surface area contributed by atoms with E-state index in [2.05, 4.69) is 127 Å². The van der Waals surface area contributed by atoms with Crippen molar-refractivity contribution in [2.45, 2.75) is 37.5 Å². The number of benzene rings is 7. The Hall–Kier alpha value is -6.19. The molecule has 1 spiro atoms. The molecule has 0 unspecified atom stereocenters. The Balaban J connectivity index is 0.945. The molecule has 4 saturated carbocycles. The van der Waals surface area contributed by atoms with Crippen LogP contribution in [0.4, 0.5) is 0 Å². The topological polar surface area (TPSA) is 38.7 Å². The first-order valence-corrected chi connectivity index (χ1v) is 20.4. The fraction of sp³-hybridized carbons (Fsp3) is 0.189. The molecule has 4 bridgehead atoms. The molecule has 7 aromatic carbocycles. The number of hydrogen-bond donors (Lipinski definition) is 0. The molecule has 5 aliphatic carbocycles. The van der Waals surface area contributed by atoms with Crippen molar-refractivity contribution in [3.8, 4) is 67.5 Å². The van der Waals surface area contributed by atoms with E-state index in [1.54, 1.807) is 11.1 Å². The first kappa shape index (κ1) is 32.1. The van der Waals surface area contributed by atoms with Gasteiger partial charge in [-0.2, -0.15) is 0 Å². The van der Waals surface area contributed by atoms with Gasteiger partial charge in [-0.3, -0.25) is 0 Å². The summed E-state index contributed by atoms with van der Waals surface area (Å²) in [6, 6.07) is 59.6. The van der Waals surface area contributed by atoms with Gasteiger partial charge in [0.1, 0.15) is 0 Å². The number of hydrogen-bond acceptors (Lipinski definition) is 3. The van der Waals surface area contributed by atoms with Crippen LogP contribution in [0.1, 0.15) is 43.2 Å². The summed E-state index contributed by atoms with van der Waals surface area (Å²) in [5, 5.41) is 2.73. The molecule has 0 N–H and O–H groups in total. The molecule has 0 radical (unpaired) electrons. The van der Waals surface area contributed by atoms with E-state index < -0.39 is 0 Å². The minimum atomic E-state index is 0.157. The Morgan fingerprint density at radius 1 is 0.339 bits per heavy atom. The van der Waals surface area contributed by atoms with Gasteiger partial charge in [-0.05, 0) is 129 Å². The molecular formula is C53H41N3. The van der Waals surface area contributed by atoms with E-state index in [1.165, 1.54) is 65.1 Å². The highest BCUT2D eigenvalue weighted by molar-refractivity contribution is 5.95. The van der Waals surface area contributed by atoms with E-state index in [-0.39, 0.29) is 5.41 Å². The lowest BCUT2D eigenvalue weighted by Gasteiger charge is -2.61. The predicted octanol–water partition coefficient (Wildman–Crippen LogP) is 13.1. The zero-order valence-corrected chi connectivity index (χ0v) is 31.3. The molecule has 268 valence electrons. The van der Waals surface area contributed by atoms with Gasteiger partial charge in [-0.25, -0.2) is 15.0 Å². The van der Waals surface area contributed by atoms with Crippen LogP contribution >= 0.6 is 0 Å². The lowest BCUT2D eigenvalue weighted by atomic mass is 9.43. The summed E-state index contributed by atoms with van der Waals surface area (Å²) in [4.78, 5) is 15.1. The molecule has 3 nitrogen and oxygen atoms in total. The van der Waals surface area contributed by atoms with E-state index in [0.29, 0.717) is 17.5 Å². The van der Waals surface area contributed by atoms with Crippen molar-refractivity contribution >= 4 is 10.8 Å². The number of nitrogens with zero attached hydrogens (tertiary/aromatic N) is 3. The van der Waals surface area contributed by atoms with Gasteiger partial charge in [0, 0.05) is 22.1 Å². The SMILES string of the molecule is c1ccc(-c2nc(-c3ccccc3)nc(-c3ccccc3-c3ccc(-c4ccc5c(c4)-c4cc6ccccc6cc4C54C5CC6CC(C5)CC4C6)cc3)n2)cc1. The fourth-order valence-corrected chi connectivity index (χ4v) is 11.8. The smallest absolute Gasteiger partial charge is 0.164 e. The highest BCUT2D eigenvalue weighted by atomic mass is 15.0. The van der Waals surface area contributed by atoms with Crippen LogP contribution in [-0.4, -0.2) is 15.0 Å². The van der Waals surface area contributed by atoms with Crippen LogP contribution in [-0.2, 0) is 5.41 Å². The molecule has 56 heavy (non-hydrogen) atoms. The van der Waals surface area contributed by atoms with Crippen molar-refractivity contribution in [2.24, 2.45) is 23.7 Å². The van der Waals surface area contributed by atoms with E-state index in [9.17, 15) is 0 Å². The zero-order valence-electron chi connectivity index (χ0n) is 31.3. The first-order valence-electron chi connectivity index (χ1n) is 20.4. The average Bonchev–Trinajstić information content (AvgIpc) is 3.54. The molecule has 3 heteroatoms. The van der Waals surface area contributed by atoms with Gasteiger partial charge in [0.25, 0.3) is 0 Å². The van der Waals surface area contributed by atoms with Gasteiger partial charge in [-0.1, -0.05) is 146 Å². The van der Waals surface area contributed by atoms with E-state index in [1.807, 2.05) is 36.4 Å². The molecule has 13 rings (SSSR count). The molecule has 1 heterocycles. The lowest BCUT2D eigenvalue weighted by Crippen LogP contribution is -2.55. The summed E-state index contributed by atoms with van der Waals surface area (Å²) in [6.45, 7) is 0. The number of fused-ring (bicyclic) bond motifs is 4. The third-order valence-electron chi connectivity index (χ3n) is 13.9. The van der Waals surface area contributed by atoms with Gasteiger partial charge in [0.15, 0.2) is 17.5 Å². The highest BCUT2D eigenvalue weighted by Crippen LogP contribution is 2.69. The third-order valence-corrected chi connectivity index (χ3v) is 13.9. The van der Waals surface area contributed by atoms with Crippen molar-refractivity contribution in [3.05, 3.63) is 175 Å². The van der Waals surface area contributed by atoms with Crippen LogP contribution in [0.3, 0.4) is 0 Å². The second-order valence-corrected chi connectivity index (χ2v) is 16.8. The maximum absolute atomic E-state index is 5.06. The Morgan fingerprint density at radius 3 is 1.48 bits per heavy atom. The van der Waals surface area contributed by atoms with Crippen LogP contribution < -0.4 is 0 Å². The molecule has 0 aliphatic heterocycles. The predicted molar refractivity (Wildman–Crippen MR) is 228 cm³/mol. The summed E-state index contributed by atoms with van der Waals surface area (Å²) in [7, 11) is 0. The minimum absolute atomic E-state index is 0.157. The monoisotopic (exact) mass is 719 g/mol. The summed E-state index contributed by atoms with van der Waals surface area (Å²) >= 11 is 0. The van der Waals surface area contributed by atoms with Crippen molar-refractivity contribution < 1.29 is 0 Å². The summed E-state index contributed by atoms with van der Waals surface area (Å²) in [5.74, 6) is 5.37. The summed E-state index contributed by atoms with van der Waals surface area (Å²) in [6.07, 6.45) is 7.06. The molecular weight excluding hydrogens is 679 g/mol. The summed E-state index contributed by atoms with van der Waals surface area (Å²) < 4.78 is 0. The third kappa shape index (κ3) is 4.86. The number of rotatable bonds is 5. The van der Waals surface area contributed by atoms with E-state index >= 15 is 0 Å². The molecule has 1 aromatic heterocycles. The highest BCUT2D eigenvalue weighted by Gasteiger charge is 2.61. The van der Waals surface area contributed by atoms with Gasteiger partial charge < -0.3 is 0 Å². The Bertz CT molecular complexity index is 2720. The average molecular weight is 720 g/mol. The van der Waals surface area contributed by atoms with Crippen molar-refractivity contribution in [1.82, 2.24) is 15.0 Å². The Labute approximate surface area is 328 Å². The molecule has 8 aromatic rings. The van der Waals surface area contributed by atoms with Crippen LogP contribution in [0.2, 0.25) is 0 Å². The van der Waals surface area contributed by atoms with E-state index in [4.69, 9.17) is 15.0 Å². The van der Waals surface area contributed by atoms with Crippen LogP contribution in [0, 0.1) is 23.7 Å². The molecule has 5 aliphatic rings. The van der Waals surface area contributed by atoms with Crippen LogP contribution in [0.15, 0.2) is 164 Å². The minimum Gasteiger partial charge on any atom is -0.208 e. The Kier molecular flexibility index (Phi) is 7.11. The van der Waals surface area contributed by atoms with Crippen molar-refractivity contribution in [1.29, 1.82) is 0 Å². The van der Waals surface area contributed by atoms with Crippen LogP contribution in [0.5, 0.6) is 0 Å². The van der Waals surface area contributed by atoms with Crippen LogP contribution in [0.25, 0.3) is 78.3 Å². The summed E-state index contributed by atoms with van der Waals surface area (Å²) in [5.41, 5.74) is 14.0. The second kappa shape index (κ2) is 12.4. The second-order valence-electron chi connectivity index (χ2n) is 16.8. The standard InChI is InChI=1S/C53H41N3/c1-3-11-37(12-4-1)50-54-51(38-13-5-2-6-14-38)56-52(55-50)45-18-10-9-17-44(45)36-21-19-35(20-22-36)41-23-24-48-46(31-41)47-30-39-15-7-8-16-40(39)32-49(47)53(48)42-26-33-25-34(28-42)29-43(53)27-33/h1-24,30-34,42-43H,25-29H2. The molecule has 4 fully saturated rings.